The van der Waals surface area contributed by atoms with Crippen LogP contribution >= 0.6 is 0 Å². The number of carbonyl (C=O) groups is 1. The lowest BCUT2D eigenvalue weighted by molar-refractivity contribution is -0.469. The first-order chi connectivity index (χ1) is 12.1. The van der Waals surface area contributed by atoms with Crippen molar-refractivity contribution in [2.24, 2.45) is 5.41 Å². The van der Waals surface area contributed by atoms with E-state index in [-0.39, 0.29) is 12.0 Å². The lowest BCUT2D eigenvalue weighted by atomic mass is 9.91. The smallest absolute Gasteiger partial charge is 0.408 e. The van der Waals surface area contributed by atoms with Crippen LogP contribution in [0.1, 0.15) is 25.8 Å². The van der Waals surface area contributed by atoms with E-state index in [1.807, 2.05) is 49.4 Å². The molecule has 1 amide bonds. The van der Waals surface area contributed by atoms with Crippen molar-refractivity contribution < 1.29 is 23.7 Å². The van der Waals surface area contributed by atoms with Crippen molar-refractivity contribution >= 4 is 6.09 Å². The molecule has 6 nitrogen and oxygen atoms in total. The number of benzene rings is 1. The molecule has 1 N–H and O–H groups in total. The molecule has 0 unspecified atom stereocenters. The third kappa shape index (κ3) is 4.21. The summed E-state index contributed by atoms with van der Waals surface area (Å²) in [7, 11) is 0. The minimum atomic E-state index is -1.28. The van der Waals surface area contributed by atoms with Crippen LogP contribution in [0.25, 0.3) is 0 Å². The summed E-state index contributed by atoms with van der Waals surface area (Å²) in [5.41, 5.74) is 0.792. The van der Waals surface area contributed by atoms with Crippen LogP contribution < -0.4 is 5.32 Å². The largest absolute Gasteiger partial charge is 0.445 e. The molecule has 3 aliphatic heterocycles. The van der Waals surface area contributed by atoms with Gasteiger partial charge in [-0.3, -0.25) is 0 Å². The second-order valence-electron chi connectivity index (χ2n) is 6.80. The summed E-state index contributed by atoms with van der Waals surface area (Å²) in [5.74, 6) is -1.28. The van der Waals surface area contributed by atoms with Gasteiger partial charge in [0.05, 0.1) is 19.8 Å². The Balaban J connectivity index is 1.63. The lowest BCUT2D eigenvalue weighted by Crippen LogP contribution is -2.66. The van der Waals surface area contributed by atoms with Crippen LogP contribution in [0.2, 0.25) is 0 Å². The monoisotopic (exact) mass is 347 g/mol. The molecule has 0 spiro atoms. The molecule has 6 heteroatoms. The molecule has 0 saturated carbocycles. The normalized spacial score (nSPS) is 29.5. The topological polar surface area (TPSA) is 66.0 Å². The van der Waals surface area contributed by atoms with Crippen molar-refractivity contribution in [2.45, 2.75) is 38.9 Å². The SMILES string of the molecule is CC/C=C\[C@H](NC(=O)OCc1ccccc1)C12OCC(C)(CO1)CO2. The van der Waals surface area contributed by atoms with Crippen LogP contribution in [0.3, 0.4) is 0 Å². The molecule has 0 radical (unpaired) electrons. The van der Waals surface area contributed by atoms with Gasteiger partial charge in [0.2, 0.25) is 0 Å². The van der Waals surface area contributed by atoms with Gasteiger partial charge in [-0.15, -0.1) is 0 Å². The van der Waals surface area contributed by atoms with Gasteiger partial charge in [-0.2, -0.15) is 0 Å². The molecular formula is C19H25NO5. The average Bonchev–Trinajstić information content (AvgIpc) is 2.65. The van der Waals surface area contributed by atoms with Gasteiger partial charge < -0.3 is 24.3 Å². The molecule has 25 heavy (non-hydrogen) atoms. The number of ether oxygens (including phenoxy) is 4. The predicted molar refractivity (Wildman–Crippen MR) is 91.7 cm³/mol. The highest BCUT2D eigenvalue weighted by Crippen LogP contribution is 2.40. The van der Waals surface area contributed by atoms with Gasteiger partial charge in [0, 0.05) is 5.41 Å². The first-order valence-electron chi connectivity index (χ1n) is 8.61. The number of fused-ring (bicyclic) bond motifs is 3. The molecular weight excluding hydrogens is 322 g/mol. The van der Waals surface area contributed by atoms with E-state index in [9.17, 15) is 4.79 Å². The predicted octanol–water partition coefficient (Wildman–Crippen LogP) is 2.98. The van der Waals surface area contributed by atoms with Crippen LogP contribution in [-0.4, -0.2) is 37.9 Å². The van der Waals surface area contributed by atoms with Gasteiger partial charge in [-0.25, -0.2) is 4.79 Å². The first kappa shape index (κ1) is 17.9. The molecule has 3 aliphatic rings. The lowest BCUT2D eigenvalue weighted by Gasteiger charge is -2.52. The number of hydrogen-bond donors (Lipinski definition) is 1. The van der Waals surface area contributed by atoms with Crippen molar-refractivity contribution in [3.63, 3.8) is 0 Å². The van der Waals surface area contributed by atoms with E-state index in [4.69, 9.17) is 18.9 Å². The molecule has 3 saturated heterocycles. The number of amides is 1. The van der Waals surface area contributed by atoms with Crippen molar-refractivity contribution in [3.8, 4) is 0 Å². The summed E-state index contributed by atoms with van der Waals surface area (Å²) < 4.78 is 22.8. The minimum Gasteiger partial charge on any atom is -0.445 e. The van der Waals surface area contributed by atoms with Crippen molar-refractivity contribution in [1.82, 2.24) is 5.32 Å². The van der Waals surface area contributed by atoms with E-state index in [2.05, 4.69) is 12.2 Å². The van der Waals surface area contributed by atoms with E-state index in [0.717, 1.165) is 12.0 Å². The maximum Gasteiger partial charge on any atom is 0.408 e. The molecule has 3 heterocycles. The van der Waals surface area contributed by atoms with Gasteiger partial charge in [0.25, 0.3) is 0 Å². The Labute approximate surface area is 148 Å². The zero-order valence-electron chi connectivity index (χ0n) is 14.7. The standard InChI is InChI=1S/C19H25NO5/c1-3-4-10-16(19-23-12-18(2,13-24-19)14-25-19)20-17(21)22-11-15-8-6-5-7-9-15/h4-10,16H,3,11-14H2,1-2H3,(H,20,21)/b10-4-/t16-,18?,19?/m0/s1. The van der Waals surface area contributed by atoms with E-state index < -0.39 is 18.1 Å². The number of rotatable bonds is 6. The molecule has 1 aromatic rings. The van der Waals surface area contributed by atoms with E-state index >= 15 is 0 Å². The molecule has 4 rings (SSSR count). The van der Waals surface area contributed by atoms with Gasteiger partial charge in [0.15, 0.2) is 0 Å². The number of hydrogen-bond acceptors (Lipinski definition) is 5. The van der Waals surface area contributed by atoms with Crippen molar-refractivity contribution in [2.75, 3.05) is 19.8 Å². The zero-order valence-corrected chi connectivity index (χ0v) is 14.7. The summed E-state index contributed by atoms with van der Waals surface area (Å²) in [6.07, 6.45) is 4.05. The Morgan fingerprint density at radius 2 is 1.88 bits per heavy atom. The Bertz CT molecular complexity index is 591. The Kier molecular flexibility index (Phi) is 5.42. The average molecular weight is 347 g/mol. The van der Waals surface area contributed by atoms with Gasteiger partial charge in [-0.1, -0.05) is 56.3 Å². The summed E-state index contributed by atoms with van der Waals surface area (Å²) in [6, 6.07) is 8.94. The molecule has 0 aromatic heterocycles. The summed E-state index contributed by atoms with van der Waals surface area (Å²) in [4.78, 5) is 12.2. The fourth-order valence-corrected chi connectivity index (χ4v) is 2.76. The Hall–Kier alpha value is -1.89. The fraction of sp³-hybridized carbons (Fsp3) is 0.526. The summed E-state index contributed by atoms with van der Waals surface area (Å²) in [5, 5.41) is 2.80. The molecule has 1 aromatic carbocycles. The highest BCUT2D eigenvalue weighted by atomic mass is 16.9. The van der Waals surface area contributed by atoms with Gasteiger partial charge >= 0.3 is 12.1 Å². The summed E-state index contributed by atoms with van der Waals surface area (Å²) >= 11 is 0. The van der Waals surface area contributed by atoms with Gasteiger partial charge in [-0.05, 0) is 12.0 Å². The van der Waals surface area contributed by atoms with Gasteiger partial charge in [0.1, 0.15) is 12.6 Å². The third-order valence-corrected chi connectivity index (χ3v) is 4.30. The molecule has 3 fully saturated rings. The zero-order chi connectivity index (χ0) is 17.8. The Morgan fingerprint density at radius 3 is 2.48 bits per heavy atom. The highest BCUT2D eigenvalue weighted by Gasteiger charge is 2.54. The van der Waals surface area contributed by atoms with Crippen LogP contribution in [0, 0.1) is 5.41 Å². The molecule has 136 valence electrons. The Morgan fingerprint density at radius 1 is 1.24 bits per heavy atom. The fourth-order valence-electron chi connectivity index (χ4n) is 2.76. The van der Waals surface area contributed by atoms with E-state index in [1.54, 1.807) is 0 Å². The highest BCUT2D eigenvalue weighted by molar-refractivity contribution is 5.68. The van der Waals surface area contributed by atoms with Crippen LogP contribution in [0.15, 0.2) is 42.5 Å². The maximum atomic E-state index is 12.2. The second kappa shape index (κ2) is 7.56. The maximum absolute atomic E-state index is 12.2. The third-order valence-electron chi connectivity index (χ3n) is 4.30. The number of carbonyl (C=O) groups excluding carboxylic acids is 1. The second-order valence-corrected chi connectivity index (χ2v) is 6.80. The molecule has 1 atom stereocenters. The molecule has 0 aliphatic carbocycles. The van der Waals surface area contributed by atoms with Crippen molar-refractivity contribution in [1.29, 1.82) is 0 Å². The van der Waals surface area contributed by atoms with Crippen LogP contribution in [0.4, 0.5) is 4.79 Å². The van der Waals surface area contributed by atoms with Crippen molar-refractivity contribution in [3.05, 3.63) is 48.0 Å². The minimum absolute atomic E-state index is 0.130. The van der Waals surface area contributed by atoms with E-state index in [1.165, 1.54) is 0 Å². The number of alkyl carbamates (subject to hydrolysis) is 1. The molecule has 2 bridgehead atoms. The quantitative estimate of drug-likeness (QED) is 0.802. The van der Waals surface area contributed by atoms with Crippen LogP contribution in [-0.2, 0) is 25.6 Å². The number of allylic oxidation sites excluding steroid dienone is 1. The number of nitrogens with one attached hydrogen (secondary N) is 1. The van der Waals surface area contributed by atoms with Crippen LogP contribution in [0.5, 0.6) is 0 Å². The summed E-state index contributed by atoms with van der Waals surface area (Å²) in [6.45, 7) is 5.86. The first-order valence-corrected chi connectivity index (χ1v) is 8.61. The van der Waals surface area contributed by atoms with E-state index in [0.29, 0.717) is 19.8 Å².